The minimum Gasteiger partial charge on any atom is -0.394 e. The molecule has 1 heterocycles. The molecule has 0 aromatic heterocycles. The lowest BCUT2D eigenvalue weighted by atomic mass is 10.0. The number of aliphatic hydroxyl groups is 1. The molecule has 11 heavy (non-hydrogen) atoms. The van der Waals surface area contributed by atoms with E-state index < -0.39 is 18.1 Å². The first-order chi connectivity index (χ1) is 5.06. The molecule has 66 valence electrons. The third-order valence-electron chi connectivity index (χ3n) is 1.99. The van der Waals surface area contributed by atoms with E-state index in [2.05, 4.69) is 0 Å². The molecule has 0 aliphatic carbocycles. The second-order valence-corrected chi connectivity index (χ2v) is 2.88. The summed E-state index contributed by atoms with van der Waals surface area (Å²) in [6, 6.07) is 0. The monoisotopic (exact) mass is 166 g/mol. The Hall–Kier alpha value is -0.220. The molecule has 0 bridgehead atoms. The van der Waals surface area contributed by atoms with Crippen molar-refractivity contribution in [3.8, 4) is 0 Å². The number of hydrogen-bond acceptors (Lipinski definition) is 2. The van der Waals surface area contributed by atoms with Gasteiger partial charge in [-0.15, -0.1) is 0 Å². The van der Waals surface area contributed by atoms with Gasteiger partial charge < -0.3 is 9.84 Å². The molecule has 1 saturated heterocycles. The number of rotatable bonds is 1. The van der Waals surface area contributed by atoms with Gasteiger partial charge in [0.1, 0.15) is 6.10 Å². The summed E-state index contributed by atoms with van der Waals surface area (Å²) in [5.41, 5.74) is 0. The van der Waals surface area contributed by atoms with Crippen molar-refractivity contribution >= 4 is 0 Å². The zero-order valence-electron chi connectivity index (χ0n) is 6.39. The lowest BCUT2D eigenvalue weighted by Gasteiger charge is -2.33. The third-order valence-corrected chi connectivity index (χ3v) is 1.99. The Morgan fingerprint density at radius 1 is 1.64 bits per heavy atom. The van der Waals surface area contributed by atoms with Crippen LogP contribution in [0, 0.1) is 0 Å². The zero-order valence-corrected chi connectivity index (χ0v) is 6.39. The van der Waals surface area contributed by atoms with Crippen molar-refractivity contribution in [3.63, 3.8) is 0 Å². The number of ether oxygens (including phenoxy) is 1. The molecule has 1 aliphatic heterocycles. The van der Waals surface area contributed by atoms with Gasteiger partial charge in [-0.3, -0.25) is 0 Å². The van der Waals surface area contributed by atoms with Crippen LogP contribution in [0.4, 0.5) is 8.78 Å². The molecule has 0 spiro atoms. The van der Waals surface area contributed by atoms with Crippen LogP contribution < -0.4 is 0 Å². The summed E-state index contributed by atoms with van der Waals surface area (Å²) in [5, 5.41) is 8.61. The maximum atomic E-state index is 12.7. The van der Waals surface area contributed by atoms with Crippen molar-refractivity contribution in [2.24, 2.45) is 0 Å². The first kappa shape index (κ1) is 8.87. The standard InChI is InChI=1S/C7H12F2O2/c1-5-7(8,9)3-2-6(4-10)11-5/h5-6,10H,2-4H2,1H3. The van der Waals surface area contributed by atoms with Crippen molar-refractivity contribution in [3.05, 3.63) is 0 Å². The maximum Gasteiger partial charge on any atom is 0.273 e. The molecule has 0 radical (unpaired) electrons. The van der Waals surface area contributed by atoms with E-state index in [9.17, 15) is 8.78 Å². The average Bonchev–Trinajstić information content (AvgIpc) is 1.95. The zero-order chi connectivity index (χ0) is 8.48. The molecular formula is C7H12F2O2. The topological polar surface area (TPSA) is 29.5 Å². The highest BCUT2D eigenvalue weighted by Gasteiger charge is 2.42. The fraction of sp³-hybridized carbons (Fsp3) is 1.00. The van der Waals surface area contributed by atoms with Gasteiger partial charge >= 0.3 is 0 Å². The van der Waals surface area contributed by atoms with E-state index in [1.165, 1.54) is 6.92 Å². The van der Waals surface area contributed by atoms with Crippen LogP contribution in [0.25, 0.3) is 0 Å². The molecule has 0 aromatic rings. The summed E-state index contributed by atoms with van der Waals surface area (Å²) >= 11 is 0. The second-order valence-electron chi connectivity index (χ2n) is 2.88. The Bertz CT molecular complexity index is 138. The first-order valence-electron chi connectivity index (χ1n) is 3.70. The minimum atomic E-state index is -2.72. The Morgan fingerprint density at radius 2 is 2.27 bits per heavy atom. The molecule has 1 rings (SSSR count). The van der Waals surface area contributed by atoms with Crippen LogP contribution in [0.5, 0.6) is 0 Å². The van der Waals surface area contributed by atoms with Crippen LogP contribution in [-0.2, 0) is 4.74 Å². The molecule has 1 N–H and O–H groups in total. The van der Waals surface area contributed by atoms with Crippen LogP contribution in [0.15, 0.2) is 0 Å². The van der Waals surface area contributed by atoms with Crippen LogP contribution in [0.2, 0.25) is 0 Å². The molecule has 4 heteroatoms. The highest BCUT2D eigenvalue weighted by Crippen LogP contribution is 2.33. The summed E-state index contributed by atoms with van der Waals surface area (Å²) < 4.78 is 30.3. The van der Waals surface area contributed by atoms with Gasteiger partial charge in [0.2, 0.25) is 0 Å². The van der Waals surface area contributed by atoms with E-state index in [-0.39, 0.29) is 19.4 Å². The predicted molar refractivity (Wildman–Crippen MR) is 35.6 cm³/mol. The molecule has 0 amide bonds. The van der Waals surface area contributed by atoms with Gasteiger partial charge in [-0.05, 0) is 13.3 Å². The maximum absolute atomic E-state index is 12.7. The van der Waals surface area contributed by atoms with Gasteiger partial charge in [-0.1, -0.05) is 0 Å². The molecule has 1 fully saturated rings. The summed E-state index contributed by atoms with van der Waals surface area (Å²) in [6.07, 6.45) is -1.40. The van der Waals surface area contributed by atoms with Gasteiger partial charge in [-0.25, -0.2) is 8.78 Å². The molecule has 2 unspecified atom stereocenters. The molecule has 0 aromatic carbocycles. The SMILES string of the molecule is CC1OC(CO)CCC1(F)F. The Kier molecular flexibility index (Phi) is 2.44. The summed E-state index contributed by atoms with van der Waals surface area (Å²) in [7, 11) is 0. The molecule has 0 saturated carbocycles. The molecule has 1 aliphatic rings. The van der Waals surface area contributed by atoms with E-state index in [1.54, 1.807) is 0 Å². The second kappa shape index (κ2) is 3.03. The van der Waals surface area contributed by atoms with E-state index in [1.807, 2.05) is 0 Å². The van der Waals surface area contributed by atoms with Crippen LogP contribution >= 0.6 is 0 Å². The normalized spacial score (nSPS) is 37.1. The van der Waals surface area contributed by atoms with Gasteiger partial charge in [0.15, 0.2) is 0 Å². The number of halogens is 2. The van der Waals surface area contributed by atoms with Gasteiger partial charge in [0.25, 0.3) is 5.92 Å². The summed E-state index contributed by atoms with van der Waals surface area (Å²) in [4.78, 5) is 0. The van der Waals surface area contributed by atoms with Crippen molar-refractivity contribution in [1.29, 1.82) is 0 Å². The van der Waals surface area contributed by atoms with E-state index in [4.69, 9.17) is 9.84 Å². The van der Waals surface area contributed by atoms with Crippen LogP contribution in [0.1, 0.15) is 19.8 Å². The Balaban J connectivity index is 2.48. The fourth-order valence-corrected chi connectivity index (χ4v) is 1.15. The number of hydrogen-bond donors (Lipinski definition) is 1. The van der Waals surface area contributed by atoms with E-state index in [0.717, 1.165) is 0 Å². The van der Waals surface area contributed by atoms with Crippen LogP contribution in [-0.4, -0.2) is 29.8 Å². The van der Waals surface area contributed by atoms with Crippen molar-refractivity contribution in [1.82, 2.24) is 0 Å². The summed E-state index contributed by atoms with van der Waals surface area (Å²) in [6.45, 7) is 1.17. The highest BCUT2D eigenvalue weighted by atomic mass is 19.3. The van der Waals surface area contributed by atoms with Gasteiger partial charge in [0.05, 0.1) is 12.7 Å². The molecule has 2 nitrogen and oxygen atoms in total. The van der Waals surface area contributed by atoms with Crippen LogP contribution in [0.3, 0.4) is 0 Å². The largest absolute Gasteiger partial charge is 0.394 e. The fourth-order valence-electron chi connectivity index (χ4n) is 1.15. The first-order valence-corrected chi connectivity index (χ1v) is 3.70. The lowest BCUT2D eigenvalue weighted by Crippen LogP contribution is -2.43. The summed E-state index contributed by atoms with van der Waals surface area (Å²) in [5.74, 6) is -2.72. The van der Waals surface area contributed by atoms with E-state index >= 15 is 0 Å². The van der Waals surface area contributed by atoms with Crippen molar-refractivity contribution in [2.75, 3.05) is 6.61 Å². The highest BCUT2D eigenvalue weighted by molar-refractivity contribution is 4.81. The predicted octanol–water partition coefficient (Wildman–Crippen LogP) is 1.18. The average molecular weight is 166 g/mol. The minimum absolute atomic E-state index is 0.166. The molecular weight excluding hydrogens is 154 g/mol. The number of alkyl halides is 2. The quantitative estimate of drug-likeness (QED) is 0.633. The lowest BCUT2D eigenvalue weighted by molar-refractivity contribution is -0.197. The Morgan fingerprint density at radius 3 is 2.73 bits per heavy atom. The molecule has 2 atom stereocenters. The van der Waals surface area contributed by atoms with Crippen molar-refractivity contribution in [2.45, 2.75) is 37.9 Å². The van der Waals surface area contributed by atoms with E-state index in [0.29, 0.717) is 0 Å². The van der Waals surface area contributed by atoms with Crippen molar-refractivity contribution < 1.29 is 18.6 Å². The number of aliphatic hydroxyl groups excluding tert-OH is 1. The third kappa shape index (κ3) is 1.87. The van der Waals surface area contributed by atoms with Gasteiger partial charge in [0, 0.05) is 6.42 Å². The Labute approximate surface area is 64.2 Å². The smallest absolute Gasteiger partial charge is 0.273 e. The van der Waals surface area contributed by atoms with Gasteiger partial charge in [-0.2, -0.15) is 0 Å².